The molecular weight excluding hydrogens is 394 g/mol. The van der Waals surface area contributed by atoms with Crippen LogP contribution in [-0.4, -0.2) is 38.5 Å². The minimum atomic E-state index is -3.88. The van der Waals surface area contributed by atoms with Crippen LogP contribution in [0.1, 0.15) is 50.2 Å². The number of rotatable bonds is 7. The summed E-state index contributed by atoms with van der Waals surface area (Å²) in [7, 11) is -3.88. The van der Waals surface area contributed by atoms with Crippen LogP contribution in [0.25, 0.3) is 0 Å². The lowest BCUT2D eigenvalue weighted by Crippen LogP contribution is -2.52. The summed E-state index contributed by atoms with van der Waals surface area (Å²) in [5.74, 6) is -1.45. The third-order valence-electron chi connectivity index (χ3n) is 5.16. The second kappa shape index (κ2) is 9.37. The summed E-state index contributed by atoms with van der Waals surface area (Å²) in [6, 6.07) is 6.82. The lowest BCUT2D eigenvalue weighted by Gasteiger charge is -2.32. The monoisotopic (exact) mass is 421 g/mol. The van der Waals surface area contributed by atoms with Crippen LogP contribution in [0.4, 0.5) is 0 Å². The fourth-order valence-corrected chi connectivity index (χ4v) is 4.22. The SMILES string of the molecule is Cc1ccc(S(=O)(=O)NCC(=O)OC(C)C(=O)NC2(C#N)CCCCC2)cc1C. The van der Waals surface area contributed by atoms with E-state index in [2.05, 4.69) is 16.1 Å². The van der Waals surface area contributed by atoms with E-state index in [1.165, 1.54) is 19.1 Å². The first-order valence-corrected chi connectivity index (χ1v) is 11.1. The fourth-order valence-electron chi connectivity index (χ4n) is 3.17. The van der Waals surface area contributed by atoms with Crippen molar-refractivity contribution >= 4 is 21.9 Å². The van der Waals surface area contributed by atoms with Crippen molar-refractivity contribution in [3.05, 3.63) is 29.3 Å². The Morgan fingerprint density at radius 1 is 1.21 bits per heavy atom. The van der Waals surface area contributed by atoms with E-state index in [-0.39, 0.29) is 4.90 Å². The minimum Gasteiger partial charge on any atom is -0.452 e. The van der Waals surface area contributed by atoms with Gasteiger partial charge in [0.15, 0.2) is 6.10 Å². The molecule has 0 saturated heterocycles. The second-order valence-corrected chi connectivity index (χ2v) is 9.21. The number of nitrogens with zero attached hydrogens (tertiary/aromatic N) is 1. The first kappa shape index (κ1) is 22.8. The molecule has 29 heavy (non-hydrogen) atoms. The van der Waals surface area contributed by atoms with E-state index >= 15 is 0 Å². The summed E-state index contributed by atoms with van der Waals surface area (Å²) in [5, 5.41) is 12.1. The summed E-state index contributed by atoms with van der Waals surface area (Å²) >= 11 is 0. The Hall–Kier alpha value is -2.44. The normalized spacial score (nSPS) is 17.0. The van der Waals surface area contributed by atoms with Crippen molar-refractivity contribution in [2.24, 2.45) is 0 Å². The highest BCUT2D eigenvalue weighted by atomic mass is 32.2. The maximum Gasteiger partial charge on any atom is 0.321 e. The Morgan fingerprint density at radius 2 is 1.86 bits per heavy atom. The minimum absolute atomic E-state index is 0.0486. The number of nitriles is 1. The average Bonchev–Trinajstić information content (AvgIpc) is 2.69. The van der Waals surface area contributed by atoms with Gasteiger partial charge in [0.05, 0.1) is 11.0 Å². The average molecular weight is 422 g/mol. The molecule has 8 nitrogen and oxygen atoms in total. The van der Waals surface area contributed by atoms with Gasteiger partial charge in [-0.15, -0.1) is 0 Å². The quantitative estimate of drug-likeness (QED) is 0.647. The van der Waals surface area contributed by atoms with E-state index in [1.54, 1.807) is 13.0 Å². The number of hydrogen-bond donors (Lipinski definition) is 2. The molecule has 0 heterocycles. The van der Waals surface area contributed by atoms with Crippen LogP contribution in [-0.2, 0) is 24.3 Å². The lowest BCUT2D eigenvalue weighted by atomic mass is 9.83. The first-order valence-electron chi connectivity index (χ1n) is 9.58. The van der Waals surface area contributed by atoms with Gasteiger partial charge in [-0.2, -0.15) is 9.98 Å². The van der Waals surface area contributed by atoms with Crippen LogP contribution in [0.5, 0.6) is 0 Å². The lowest BCUT2D eigenvalue weighted by molar-refractivity contribution is -0.154. The zero-order valence-electron chi connectivity index (χ0n) is 16.9. The maximum atomic E-state index is 12.3. The summed E-state index contributed by atoms with van der Waals surface area (Å²) in [4.78, 5) is 24.4. The van der Waals surface area contributed by atoms with Gasteiger partial charge in [-0.25, -0.2) is 8.42 Å². The highest BCUT2D eigenvalue weighted by molar-refractivity contribution is 7.89. The van der Waals surface area contributed by atoms with Crippen molar-refractivity contribution in [3.63, 3.8) is 0 Å². The molecule has 0 radical (unpaired) electrons. The number of carbonyl (C=O) groups is 2. The van der Waals surface area contributed by atoms with Crippen LogP contribution in [0.15, 0.2) is 23.1 Å². The number of ether oxygens (including phenoxy) is 1. The molecule has 158 valence electrons. The summed E-state index contributed by atoms with van der Waals surface area (Å²) < 4.78 is 31.9. The summed E-state index contributed by atoms with van der Waals surface area (Å²) in [6.07, 6.45) is 2.70. The Labute approximate surface area is 171 Å². The smallest absolute Gasteiger partial charge is 0.321 e. The van der Waals surface area contributed by atoms with E-state index in [1.807, 2.05) is 6.92 Å². The Morgan fingerprint density at radius 3 is 2.45 bits per heavy atom. The van der Waals surface area contributed by atoms with Gasteiger partial charge in [0, 0.05) is 0 Å². The van der Waals surface area contributed by atoms with E-state index < -0.39 is 40.1 Å². The molecule has 1 aliphatic rings. The number of sulfonamides is 1. The molecule has 1 atom stereocenters. The molecule has 1 unspecified atom stereocenters. The maximum absolute atomic E-state index is 12.3. The predicted molar refractivity (Wildman–Crippen MR) is 106 cm³/mol. The fraction of sp³-hybridized carbons (Fsp3) is 0.550. The Bertz CT molecular complexity index is 915. The van der Waals surface area contributed by atoms with E-state index in [4.69, 9.17) is 4.74 Å². The standard InChI is InChI=1S/C20H27N3O5S/c1-14-7-8-17(11-15(14)2)29(26,27)22-12-18(24)28-16(3)19(25)23-20(13-21)9-5-4-6-10-20/h7-8,11,16,22H,4-6,9-10,12H2,1-3H3,(H,23,25). The van der Waals surface area contributed by atoms with Gasteiger partial charge < -0.3 is 10.1 Å². The molecule has 9 heteroatoms. The molecule has 1 amide bonds. The summed E-state index contributed by atoms with van der Waals surface area (Å²) in [6.45, 7) is 4.45. The van der Waals surface area contributed by atoms with Crippen LogP contribution < -0.4 is 10.0 Å². The van der Waals surface area contributed by atoms with Crippen molar-refractivity contribution in [1.82, 2.24) is 10.0 Å². The zero-order chi connectivity index (χ0) is 21.7. The highest BCUT2D eigenvalue weighted by Crippen LogP contribution is 2.27. The molecular formula is C20H27N3O5S. The molecule has 1 fully saturated rings. The summed E-state index contributed by atoms with van der Waals surface area (Å²) in [5.41, 5.74) is 0.840. The van der Waals surface area contributed by atoms with Gasteiger partial charge in [0.2, 0.25) is 10.0 Å². The first-order chi connectivity index (χ1) is 13.6. The molecule has 2 N–H and O–H groups in total. The van der Waals surface area contributed by atoms with Crippen molar-refractivity contribution < 1.29 is 22.7 Å². The van der Waals surface area contributed by atoms with Crippen LogP contribution in [0, 0.1) is 25.2 Å². The van der Waals surface area contributed by atoms with Crippen LogP contribution in [0.3, 0.4) is 0 Å². The van der Waals surface area contributed by atoms with E-state index in [9.17, 15) is 23.3 Å². The van der Waals surface area contributed by atoms with Crippen LogP contribution >= 0.6 is 0 Å². The van der Waals surface area contributed by atoms with Gasteiger partial charge >= 0.3 is 5.97 Å². The van der Waals surface area contributed by atoms with Crippen molar-refractivity contribution in [1.29, 1.82) is 5.26 Å². The number of esters is 1. The molecule has 1 saturated carbocycles. The molecule has 2 rings (SSSR count). The molecule has 1 aromatic carbocycles. The highest BCUT2D eigenvalue weighted by Gasteiger charge is 2.35. The van der Waals surface area contributed by atoms with Gasteiger partial charge in [-0.1, -0.05) is 25.3 Å². The third-order valence-corrected chi connectivity index (χ3v) is 6.56. The van der Waals surface area contributed by atoms with Gasteiger partial charge in [0.1, 0.15) is 12.1 Å². The van der Waals surface area contributed by atoms with Crippen molar-refractivity contribution in [3.8, 4) is 6.07 Å². The topological polar surface area (TPSA) is 125 Å². The number of benzene rings is 1. The van der Waals surface area contributed by atoms with E-state index in [0.717, 1.165) is 30.4 Å². The Kier molecular flexibility index (Phi) is 7.38. The van der Waals surface area contributed by atoms with Crippen molar-refractivity contribution in [2.75, 3.05) is 6.54 Å². The van der Waals surface area contributed by atoms with E-state index in [0.29, 0.717) is 12.8 Å². The number of nitrogens with one attached hydrogen (secondary N) is 2. The van der Waals surface area contributed by atoms with Crippen molar-refractivity contribution in [2.45, 2.75) is 69.4 Å². The largest absolute Gasteiger partial charge is 0.452 e. The van der Waals surface area contributed by atoms with Crippen LogP contribution in [0.2, 0.25) is 0 Å². The van der Waals surface area contributed by atoms with Gasteiger partial charge in [0.25, 0.3) is 5.91 Å². The molecule has 1 aliphatic carbocycles. The Balaban J connectivity index is 1.90. The number of carbonyl (C=O) groups excluding carboxylic acids is 2. The molecule has 0 bridgehead atoms. The third kappa shape index (κ3) is 6.02. The van der Waals surface area contributed by atoms with Gasteiger partial charge in [-0.05, 0) is 56.9 Å². The zero-order valence-corrected chi connectivity index (χ0v) is 17.8. The molecule has 0 aliphatic heterocycles. The molecule has 0 spiro atoms. The number of hydrogen-bond acceptors (Lipinski definition) is 6. The predicted octanol–water partition coefficient (Wildman–Crippen LogP) is 1.86. The molecule has 1 aromatic rings. The second-order valence-electron chi connectivity index (χ2n) is 7.45. The molecule has 0 aromatic heterocycles. The number of amides is 1. The van der Waals surface area contributed by atoms with Gasteiger partial charge in [-0.3, -0.25) is 9.59 Å². The number of aryl methyl sites for hydroxylation is 2.